The lowest BCUT2D eigenvalue weighted by atomic mass is 9.83. The third-order valence-corrected chi connectivity index (χ3v) is 8.74. The highest BCUT2D eigenvalue weighted by molar-refractivity contribution is 6.01. The molecule has 0 spiro atoms. The zero-order chi connectivity index (χ0) is 30.6. The van der Waals surface area contributed by atoms with Crippen LogP contribution in [0.15, 0.2) is 55.4 Å². The van der Waals surface area contributed by atoms with Crippen molar-refractivity contribution in [3.8, 4) is 17.3 Å². The number of halogens is 4. The van der Waals surface area contributed by atoms with Crippen LogP contribution in [0, 0.1) is 17.1 Å². The Hall–Kier alpha value is -4.90. The van der Waals surface area contributed by atoms with Gasteiger partial charge in [0.2, 0.25) is 0 Å². The van der Waals surface area contributed by atoms with Crippen molar-refractivity contribution in [3.63, 3.8) is 0 Å². The zero-order valence-electron chi connectivity index (χ0n) is 23.2. The average molecular weight is 604 g/mol. The summed E-state index contributed by atoms with van der Waals surface area (Å²) in [6, 6.07) is 9.21. The van der Waals surface area contributed by atoms with Crippen molar-refractivity contribution in [2.24, 2.45) is 0 Å². The summed E-state index contributed by atoms with van der Waals surface area (Å²) in [5.41, 5.74) is 0.258. The number of nitrogens with zero attached hydrogens (tertiary/aromatic N) is 8. The van der Waals surface area contributed by atoms with Gasteiger partial charge in [-0.15, -0.1) is 0 Å². The number of hydrogen-bond acceptors (Lipinski definition) is 7. The Morgan fingerprint density at radius 2 is 1.86 bits per heavy atom. The van der Waals surface area contributed by atoms with Gasteiger partial charge >= 0.3 is 6.18 Å². The number of pyridine rings is 2. The smallest absolute Gasteiger partial charge is 0.346 e. The first-order valence-electron chi connectivity index (χ1n) is 14.1. The van der Waals surface area contributed by atoms with E-state index in [-0.39, 0.29) is 25.6 Å². The number of carbonyl (C=O) groups is 1. The van der Waals surface area contributed by atoms with Gasteiger partial charge in [-0.3, -0.25) is 9.69 Å². The van der Waals surface area contributed by atoms with E-state index in [0.717, 1.165) is 45.6 Å². The number of carbonyl (C=O) groups excluding carboxylic acids is 1. The van der Waals surface area contributed by atoms with Crippen LogP contribution in [0.4, 0.5) is 17.6 Å². The minimum atomic E-state index is -4.99. The Morgan fingerprint density at radius 1 is 1.07 bits per heavy atom. The molecule has 0 aliphatic carbocycles. The molecule has 14 heteroatoms. The van der Waals surface area contributed by atoms with Crippen LogP contribution in [0.2, 0.25) is 0 Å². The number of nitrogens with one attached hydrogen (secondary N) is 1. The molecule has 44 heavy (non-hydrogen) atoms. The minimum Gasteiger partial charge on any atom is -0.346 e. The molecule has 5 aromatic heterocycles. The van der Waals surface area contributed by atoms with Gasteiger partial charge in [0, 0.05) is 73.3 Å². The molecular weight excluding hydrogens is 578 g/mol. The monoisotopic (exact) mass is 603 g/mol. The number of nitriles is 1. The van der Waals surface area contributed by atoms with Crippen LogP contribution in [0.5, 0.6) is 0 Å². The summed E-state index contributed by atoms with van der Waals surface area (Å²) >= 11 is 0. The van der Waals surface area contributed by atoms with Gasteiger partial charge in [-0.1, -0.05) is 0 Å². The maximum atomic E-state index is 14.6. The number of aromatic nitrogens is 6. The second-order valence-corrected chi connectivity index (χ2v) is 11.3. The van der Waals surface area contributed by atoms with Crippen LogP contribution in [-0.2, 0) is 11.7 Å². The number of likely N-dealkylation sites (tertiary alicyclic amines) is 2. The van der Waals surface area contributed by atoms with Crippen LogP contribution in [0.3, 0.4) is 0 Å². The molecule has 2 fully saturated rings. The van der Waals surface area contributed by atoms with Crippen LogP contribution >= 0.6 is 0 Å². The molecule has 224 valence electrons. The molecule has 0 atom stereocenters. The average Bonchev–Trinajstić information content (AvgIpc) is 3.64. The SMILES string of the molecule is N#CCC1(n2cc(-c3ncnc4[nH]ccc34)c3cccnc32)CN(C2CCN(C(=O)c3ccnc(C(F)(F)F)c3F)CC2)C1. The standard InChI is InChI=1S/C30H25F4N9O/c31-23-20(3-10-36-25(23)30(32,33)34)28(44)41-12-5-18(6-13-41)42-15-29(16-42,7-8-35)43-14-22(19-2-1-9-38-27(19)43)24-21-4-11-37-26(21)40-17-39-24/h1-4,9-11,14,17-18H,5-7,12-13,15-16H2,(H,37,39,40). The van der Waals surface area contributed by atoms with E-state index in [2.05, 4.69) is 40.5 Å². The number of hydrogen-bond donors (Lipinski definition) is 1. The van der Waals surface area contributed by atoms with E-state index in [4.69, 9.17) is 0 Å². The third kappa shape index (κ3) is 4.46. The zero-order valence-corrected chi connectivity index (χ0v) is 23.2. The lowest BCUT2D eigenvalue weighted by Crippen LogP contribution is -2.66. The minimum absolute atomic E-state index is 0.0921. The van der Waals surface area contributed by atoms with Crippen molar-refractivity contribution >= 4 is 28.0 Å². The van der Waals surface area contributed by atoms with E-state index >= 15 is 0 Å². The van der Waals surface area contributed by atoms with Crippen LogP contribution in [0.1, 0.15) is 35.3 Å². The van der Waals surface area contributed by atoms with Crippen molar-refractivity contribution in [3.05, 3.63) is 72.5 Å². The van der Waals surface area contributed by atoms with Crippen molar-refractivity contribution in [1.82, 2.24) is 39.3 Å². The van der Waals surface area contributed by atoms with E-state index in [1.54, 1.807) is 6.20 Å². The molecule has 2 aliphatic rings. The summed E-state index contributed by atoms with van der Waals surface area (Å²) in [5, 5.41) is 11.6. The summed E-state index contributed by atoms with van der Waals surface area (Å²) in [6.07, 6.45) is 4.26. The molecule has 2 saturated heterocycles. The fraction of sp³-hybridized carbons (Fsp3) is 0.333. The molecule has 10 nitrogen and oxygen atoms in total. The fourth-order valence-corrected chi connectivity index (χ4v) is 6.57. The third-order valence-electron chi connectivity index (χ3n) is 8.74. The van der Waals surface area contributed by atoms with Gasteiger partial charge in [0.15, 0.2) is 11.5 Å². The summed E-state index contributed by atoms with van der Waals surface area (Å²) in [5.74, 6) is -2.43. The molecule has 5 aromatic rings. The first-order valence-corrected chi connectivity index (χ1v) is 14.1. The maximum Gasteiger partial charge on any atom is 0.436 e. The summed E-state index contributed by atoms with van der Waals surface area (Å²) in [6.45, 7) is 1.70. The molecule has 0 radical (unpaired) electrons. The number of piperidine rings is 1. The van der Waals surface area contributed by atoms with Crippen molar-refractivity contribution in [1.29, 1.82) is 5.26 Å². The lowest BCUT2D eigenvalue weighted by molar-refractivity contribution is -0.143. The Balaban J connectivity index is 1.10. The summed E-state index contributed by atoms with van der Waals surface area (Å²) in [4.78, 5) is 36.4. The van der Waals surface area contributed by atoms with Crippen molar-refractivity contribution < 1.29 is 22.4 Å². The van der Waals surface area contributed by atoms with Gasteiger partial charge in [-0.05, 0) is 37.1 Å². The summed E-state index contributed by atoms with van der Waals surface area (Å²) in [7, 11) is 0. The van der Waals surface area contributed by atoms with Gasteiger partial charge < -0.3 is 14.5 Å². The van der Waals surface area contributed by atoms with E-state index in [1.165, 1.54) is 11.2 Å². The van der Waals surface area contributed by atoms with Crippen molar-refractivity contribution in [2.75, 3.05) is 26.2 Å². The molecule has 0 aromatic carbocycles. The van der Waals surface area contributed by atoms with Crippen molar-refractivity contribution in [2.45, 2.75) is 37.0 Å². The summed E-state index contributed by atoms with van der Waals surface area (Å²) < 4.78 is 56.0. The molecule has 7 rings (SSSR count). The number of amides is 1. The largest absolute Gasteiger partial charge is 0.436 e. The molecule has 2 aliphatic heterocycles. The first-order chi connectivity index (χ1) is 21.2. The fourth-order valence-electron chi connectivity index (χ4n) is 6.57. The predicted octanol–water partition coefficient (Wildman–Crippen LogP) is 4.76. The normalized spacial score (nSPS) is 17.6. The Labute approximate surface area is 248 Å². The molecule has 7 heterocycles. The van der Waals surface area contributed by atoms with E-state index < -0.39 is 34.7 Å². The second kappa shape index (κ2) is 10.4. The quantitative estimate of drug-likeness (QED) is 0.288. The predicted molar refractivity (Wildman–Crippen MR) is 151 cm³/mol. The molecular formula is C30H25F4N9O. The number of rotatable bonds is 5. The van der Waals surface area contributed by atoms with Gasteiger partial charge in [-0.2, -0.15) is 18.4 Å². The Kier molecular flexibility index (Phi) is 6.58. The number of H-pyrrole nitrogens is 1. The van der Waals surface area contributed by atoms with Crippen LogP contribution in [-0.4, -0.2) is 77.4 Å². The molecule has 1 N–H and O–H groups in total. The van der Waals surface area contributed by atoms with Crippen LogP contribution in [0.25, 0.3) is 33.3 Å². The Bertz CT molecular complexity index is 1930. The molecule has 0 bridgehead atoms. The molecule has 1 amide bonds. The first kappa shape index (κ1) is 27.9. The number of aromatic amines is 1. The van der Waals surface area contributed by atoms with Gasteiger partial charge in [0.25, 0.3) is 5.91 Å². The van der Waals surface area contributed by atoms with Crippen LogP contribution < -0.4 is 0 Å². The van der Waals surface area contributed by atoms with Gasteiger partial charge in [0.05, 0.1) is 29.3 Å². The highest BCUT2D eigenvalue weighted by atomic mass is 19.4. The number of alkyl halides is 3. The van der Waals surface area contributed by atoms with E-state index in [1.807, 2.05) is 30.6 Å². The van der Waals surface area contributed by atoms with E-state index in [9.17, 15) is 27.6 Å². The highest BCUT2D eigenvalue weighted by Gasteiger charge is 2.48. The lowest BCUT2D eigenvalue weighted by Gasteiger charge is -2.54. The highest BCUT2D eigenvalue weighted by Crippen LogP contribution is 2.42. The van der Waals surface area contributed by atoms with Gasteiger partial charge in [0.1, 0.15) is 17.6 Å². The Morgan fingerprint density at radius 3 is 2.61 bits per heavy atom. The topological polar surface area (TPSA) is 120 Å². The molecule has 0 unspecified atom stereocenters. The molecule has 0 saturated carbocycles. The van der Waals surface area contributed by atoms with E-state index in [0.29, 0.717) is 25.9 Å². The second-order valence-electron chi connectivity index (χ2n) is 11.3. The van der Waals surface area contributed by atoms with Gasteiger partial charge in [-0.25, -0.2) is 24.3 Å². The maximum absolute atomic E-state index is 14.6. The number of fused-ring (bicyclic) bond motifs is 2.